The Kier molecular flexibility index (Phi) is 6.03. The average Bonchev–Trinajstić information content (AvgIpc) is 3.13. The van der Waals surface area contributed by atoms with Gasteiger partial charge in [-0.05, 0) is 19.4 Å². The molecule has 0 aliphatic carbocycles. The van der Waals surface area contributed by atoms with Gasteiger partial charge >= 0.3 is 5.97 Å². The molecule has 1 aromatic carbocycles. The minimum Gasteiger partial charge on any atom is -0.481 e. The molecule has 0 bridgehead atoms. The molecule has 28 heavy (non-hydrogen) atoms. The highest BCUT2D eigenvalue weighted by atomic mass is 16.4. The van der Waals surface area contributed by atoms with E-state index in [1.807, 2.05) is 44.2 Å². The second-order valence-corrected chi connectivity index (χ2v) is 6.65. The minimum atomic E-state index is -0.897. The SMILES string of the molecule is CCCC(CNC(=O)c1cc(-c2ccccc2)nc2c1cnn2CC)C(=O)O. The second kappa shape index (κ2) is 8.65. The largest absolute Gasteiger partial charge is 0.481 e. The summed E-state index contributed by atoms with van der Waals surface area (Å²) < 4.78 is 1.75. The van der Waals surface area contributed by atoms with Crippen molar-refractivity contribution in [1.82, 2.24) is 20.1 Å². The molecule has 3 rings (SSSR count). The van der Waals surface area contributed by atoms with Crippen LogP contribution in [0.1, 0.15) is 37.0 Å². The first kappa shape index (κ1) is 19.5. The van der Waals surface area contributed by atoms with Crippen molar-refractivity contribution in [1.29, 1.82) is 0 Å². The first-order chi connectivity index (χ1) is 13.5. The number of hydrogen-bond acceptors (Lipinski definition) is 4. The van der Waals surface area contributed by atoms with Crippen molar-refractivity contribution in [2.24, 2.45) is 5.92 Å². The second-order valence-electron chi connectivity index (χ2n) is 6.65. The average molecular weight is 380 g/mol. The van der Waals surface area contributed by atoms with Gasteiger partial charge in [0, 0.05) is 18.7 Å². The Morgan fingerprint density at radius 3 is 2.61 bits per heavy atom. The molecule has 2 heterocycles. The van der Waals surface area contributed by atoms with E-state index in [2.05, 4.69) is 10.4 Å². The third kappa shape index (κ3) is 4.03. The molecule has 0 saturated carbocycles. The summed E-state index contributed by atoms with van der Waals surface area (Å²) in [6.45, 7) is 4.61. The molecule has 7 nitrogen and oxygen atoms in total. The molecule has 0 saturated heterocycles. The number of benzene rings is 1. The quantitative estimate of drug-likeness (QED) is 0.625. The predicted octanol–water partition coefficient (Wildman–Crippen LogP) is 3.35. The smallest absolute Gasteiger partial charge is 0.308 e. The Balaban J connectivity index is 1.98. The summed E-state index contributed by atoms with van der Waals surface area (Å²) in [5, 5.41) is 17.1. The van der Waals surface area contributed by atoms with Crippen LogP contribution >= 0.6 is 0 Å². The number of aliphatic carboxylic acids is 1. The number of amides is 1. The van der Waals surface area contributed by atoms with E-state index in [4.69, 9.17) is 4.98 Å². The van der Waals surface area contributed by atoms with Gasteiger partial charge in [0.1, 0.15) is 0 Å². The van der Waals surface area contributed by atoms with Crippen molar-refractivity contribution >= 4 is 22.9 Å². The molecular weight excluding hydrogens is 356 g/mol. The van der Waals surface area contributed by atoms with E-state index in [1.165, 1.54) is 0 Å². The number of carboxylic acids is 1. The number of rotatable bonds is 8. The van der Waals surface area contributed by atoms with E-state index in [0.717, 1.165) is 12.0 Å². The highest BCUT2D eigenvalue weighted by Gasteiger charge is 2.20. The van der Waals surface area contributed by atoms with Crippen LogP contribution in [0.15, 0.2) is 42.6 Å². The van der Waals surface area contributed by atoms with Crippen molar-refractivity contribution < 1.29 is 14.7 Å². The number of carboxylic acid groups (broad SMARTS) is 1. The lowest BCUT2D eigenvalue weighted by Gasteiger charge is -2.13. The van der Waals surface area contributed by atoms with Crippen molar-refractivity contribution in [3.05, 3.63) is 48.2 Å². The van der Waals surface area contributed by atoms with Gasteiger partial charge in [0.15, 0.2) is 5.65 Å². The fourth-order valence-electron chi connectivity index (χ4n) is 3.20. The number of aryl methyl sites for hydroxylation is 1. The third-order valence-corrected chi connectivity index (χ3v) is 4.72. The van der Waals surface area contributed by atoms with Crippen molar-refractivity contribution in [3.8, 4) is 11.3 Å². The van der Waals surface area contributed by atoms with Crippen molar-refractivity contribution in [2.45, 2.75) is 33.2 Å². The van der Waals surface area contributed by atoms with Gasteiger partial charge < -0.3 is 10.4 Å². The molecule has 1 atom stereocenters. The lowest BCUT2D eigenvalue weighted by Crippen LogP contribution is -2.33. The topological polar surface area (TPSA) is 97.1 Å². The molecule has 0 radical (unpaired) electrons. The summed E-state index contributed by atoms with van der Waals surface area (Å²) in [7, 11) is 0. The lowest BCUT2D eigenvalue weighted by atomic mass is 10.0. The number of aromatic nitrogens is 3. The van der Waals surface area contributed by atoms with Gasteiger partial charge in [-0.2, -0.15) is 5.10 Å². The van der Waals surface area contributed by atoms with Gasteiger partial charge in [-0.1, -0.05) is 43.7 Å². The number of carbonyl (C=O) groups is 2. The van der Waals surface area contributed by atoms with Gasteiger partial charge in [0.05, 0.1) is 28.8 Å². The summed E-state index contributed by atoms with van der Waals surface area (Å²) in [6.07, 6.45) is 2.90. The summed E-state index contributed by atoms with van der Waals surface area (Å²) in [6, 6.07) is 11.4. The fraction of sp³-hybridized carbons (Fsp3) is 0.333. The van der Waals surface area contributed by atoms with Crippen LogP contribution in [0.3, 0.4) is 0 Å². The molecule has 1 unspecified atom stereocenters. The van der Waals surface area contributed by atoms with E-state index < -0.39 is 11.9 Å². The summed E-state index contributed by atoms with van der Waals surface area (Å²) in [4.78, 5) is 29.0. The van der Waals surface area contributed by atoms with Crippen LogP contribution in [0.25, 0.3) is 22.3 Å². The van der Waals surface area contributed by atoms with Gasteiger partial charge in [-0.25, -0.2) is 9.67 Å². The van der Waals surface area contributed by atoms with E-state index in [-0.39, 0.29) is 12.5 Å². The van der Waals surface area contributed by atoms with E-state index in [0.29, 0.717) is 35.3 Å². The monoisotopic (exact) mass is 380 g/mol. The van der Waals surface area contributed by atoms with Crippen LogP contribution < -0.4 is 5.32 Å². The Morgan fingerprint density at radius 2 is 1.96 bits per heavy atom. The summed E-state index contributed by atoms with van der Waals surface area (Å²) in [5.41, 5.74) is 2.66. The zero-order chi connectivity index (χ0) is 20.1. The Hall–Kier alpha value is -3.22. The van der Waals surface area contributed by atoms with Crippen LogP contribution in [0, 0.1) is 5.92 Å². The molecule has 7 heteroatoms. The Morgan fingerprint density at radius 1 is 1.21 bits per heavy atom. The highest BCUT2D eigenvalue weighted by molar-refractivity contribution is 6.06. The third-order valence-electron chi connectivity index (χ3n) is 4.72. The molecule has 2 aromatic heterocycles. The van der Waals surface area contributed by atoms with E-state index in [9.17, 15) is 14.7 Å². The predicted molar refractivity (Wildman–Crippen MR) is 107 cm³/mol. The van der Waals surface area contributed by atoms with Crippen molar-refractivity contribution in [3.63, 3.8) is 0 Å². The number of fused-ring (bicyclic) bond motifs is 1. The van der Waals surface area contributed by atoms with Gasteiger partial charge in [0.2, 0.25) is 0 Å². The van der Waals surface area contributed by atoms with E-state index >= 15 is 0 Å². The van der Waals surface area contributed by atoms with Crippen LogP contribution in [-0.2, 0) is 11.3 Å². The highest BCUT2D eigenvalue weighted by Crippen LogP contribution is 2.25. The zero-order valence-electron chi connectivity index (χ0n) is 16.1. The van der Waals surface area contributed by atoms with Crippen LogP contribution in [0.5, 0.6) is 0 Å². The first-order valence-electron chi connectivity index (χ1n) is 9.48. The number of pyridine rings is 1. The van der Waals surface area contributed by atoms with Crippen LogP contribution in [-0.4, -0.2) is 38.3 Å². The number of nitrogens with one attached hydrogen (secondary N) is 1. The molecule has 3 aromatic rings. The normalized spacial score (nSPS) is 12.1. The lowest BCUT2D eigenvalue weighted by molar-refractivity contribution is -0.141. The number of nitrogens with zero attached hydrogens (tertiary/aromatic N) is 3. The maximum absolute atomic E-state index is 12.9. The fourth-order valence-corrected chi connectivity index (χ4v) is 3.20. The molecule has 2 N–H and O–H groups in total. The van der Waals surface area contributed by atoms with Crippen LogP contribution in [0.4, 0.5) is 0 Å². The molecule has 146 valence electrons. The van der Waals surface area contributed by atoms with Crippen molar-refractivity contribution in [2.75, 3.05) is 6.54 Å². The minimum absolute atomic E-state index is 0.0917. The maximum Gasteiger partial charge on any atom is 0.308 e. The molecule has 1 amide bonds. The number of carbonyl (C=O) groups excluding carboxylic acids is 1. The van der Waals surface area contributed by atoms with Gasteiger partial charge in [0.25, 0.3) is 5.91 Å². The Labute approximate surface area is 163 Å². The zero-order valence-corrected chi connectivity index (χ0v) is 16.1. The molecule has 0 aliphatic rings. The molecule has 0 spiro atoms. The van der Waals surface area contributed by atoms with Crippen LogP contribution in [0.2, 0.25) is 0 Å². The Bertz CT molecular complexity index is 982. The first-order valence-corrected chi connectivity index (χ1v) is 9.48. The van der Waals surface area contributed by atoms with Gasteiger partial charge in [-0.15, -0.1) is 0 Å². The summed E-state index contributed by atoms with van der Waals surface area (Å²) in [5.74, 6) is -1.81. The van der Waals surface area contributed by atoms with E-state index in [1.54, 1.807) is 16.9 Å². The standard InChI is InChI=1S/C21H24N4O3/c1-3-8-15(21(27)28)12-22-20(26)16-11-18(14-9-6-5-7-10-14)24-19-17(16)13-23-25(19)4-2/h5-7,9-11,13,15H,3-4,8,12H2,1-2H3,(H,22,26)(H,27,28). The summed E-state index contributed by atoms with van der Waals surface area (Å²) >= 11 is 0. The van der Waals surface area contributed by atoms with Gasteiger partial charge in [-0.3, -0.25) is 9.59 Å². The maximum atomic E-state index is 12.9. The molecular formula is C21H24N4O3. The molecule has 0 fully saturated rings. The molecule has 0 aliphatic heterocycles. The number of hydrogen-bond donors (Lipinski definition) is 2.